The van der Waals surface area contributed by atoms with E-state index in [1.165, 1.54) is 37.7 Å². The number of nitrogens with one attached hydrogen (secondary N) is 1. The third kappa shape index (κ3) is 2.44. The van der Waals surface area contributed by atoms with E-state index in [0.717, 1.165) is 10.7 Å². The summed E-state index contributed by atoms with van der Waals surface area (Å²) in [5, 5.41) is 0.738. The van der Waals surface area contributed by atoms with Crippen molar-refractivity contribution in [3.8, 4) is 0 Å². The number of benzene rings is 1. The van der Waals surface area contributed by atoms with Gasteiger partial charge in [-0.3, -0.25) is 5.84 Å². The smallest absolute Gasteiger partial charge is 0.0534 e. The molecule has 1 aromatic rings. The predicted molar refractivity (Wildman–Crippen MR) is 65.1 cm³/mol. The molecule has 1 aliphatic rings. The molecule has 0 spiro atoms. The van der Waals surface area contributed by atoms with Crippen molar-refractivity contribution in [1.82, 2.24) is 0 Å². The van der Waals surface area contributed by atoms with Gasteiger partial charge in [-0.05, 0) is 36.5 Å². The van der Waals surface area contributed by atoms with Gasteiger partial charge in [0.05, 0.1) is 5.69 Å². The molecule has 2 nitrogen and oxygen atoms in total. The number of nitrogens with two attached hydrogens (primary N) is 1. The minimum Gasteiger partial charge on any atom is -0.324 e. The number of hydrogen-bond acceptors (Lipinski definition) is 2. The summed E-state index contributed by atoms with van der Waals surface area (Å²) in [6.45, 7) is 0. The van der Waals surface area contributed by atoms with Crippen molar-refractivity contribution in [3.05, 3.63) is 28.8 Å². The van der Waals surface area contributed by atoms with Crippen molar-refractivity contribution in [1.29, 1.82) is 0 Å². The Balaban J connectivity index is 2.25. The fourth-order valence-electron chi connectivity index (χ4n) is 2.42. The first-order valence-corrected chi connectivity index (χ1v) is 5.95. The molecule has 1 saturated carbocycles. The van der Waals surface area contributed by atoms with E-state index in [0.29, 0.717) is 5.92 Å². The van der Waals surface area contributed by atoms with Crippen LogP contribution in [0.2, 0.25) is 5.02 Å². The van der Waals surface area contributed by atoms with Crippen molar-refractivity contribution in [2.75, 3.05) is 5.43 Å². The zero-order valence-corrected chi connectivity index (χ0v) is 9.56. The first-order valence-electron chi connectivity index (χ1n) is 5.57. The number of halogens is 1. The Bertz CT molecular complexity index is 332. The summed E-state index contributed by atoms with van der Waals surface area (Å²) < 4.78 is 0. The van der Waals surface area contributed by atoms with Gasteiger partial charge in [0.15, 0.2) is 0 Å². The minimum atomic E-state index is 0.655. The quantitative estimate of drug-likeness (QED) is 0.594. The topological polar surface area (TPSA) is 38.0 Å². The lowest BCUT2D eigenvalue weighted by atomic mass is 9.83. The molecule has 3 N–H and O–H groups in total. The first-order chi connectivity index (χ1) is 7.31. The largest absolute Gasteiger partial charge is 0.324 e. The average molecular weight is 225 g/mol. The Hall–Kier alpha value is -0.730. The average Bonchev–Trinajstić information content (AvgIpc) is 2.30. The molecule has 82 valence electrons. The minimum absolute atomic E-state index is 0.655. The van der Waals surface area contributed by atoms with Crippen LogP contribution in [0.5, 0.6) is 0 Å². The molecule has 1 fully saturated rings. The fourth-order valence-corrected chi connectivity index (χ4v) is 2.60. The second kappa shape index (κ2) is 4.86. The molecule has 3 heteroatoms. The Morgan fingerprint density at radius 1 is 1.20 bits per heavy atom. The first kappa shape index (κ1) is 10.8. The van der Waals surface area contributed by atoms with Crippen molar-refractivity contribution < 1.29 is 0 Å². The highest BCUT2D eigenvalue weighted by Crippen LogP contribution is 2.37. The van der Waals surface area contributed by atoms with Crippen LogP contribution in [0.4, 0.5) is 5.69 Å². The summed E-state index contributed by atoms with van der Waals surface area (Å²) in [5.74, 6) is 6.17. The van der Waals surface area contributed by atoms with E-state index >= 15 is 0 Å². The molecule has 1 aromatic carbocycles. The maximum atomic E-state index is 5.94. The van der Waals surface area contributed by atoms with Crippen LogP contribution in [-0.2, 0) is 0 Å². The Labute approximate surface area is 95.8 Å². The van der Waals surface area contributed by atoms with Gasteiger partial charge in [0, 0.05) is 5.02 Å². The van der Waals surface area contributed by atoms with E-state index in [4.69, 9.17) is 17.4 Å². The molecule has 0 saturated heterocycles. The Kier molecular flexibility index (Phi) is 3.49. The molecule has 0 radical (unpaired) electrons. The van der Waals surface area contributed by atoms with E-state index in [1.54, 1.807) is 0 Å². The van der Waals surface area contributed by atoms with E-state index in [9.17, 15) is 0 Å². The van der Waals surface area contributed by atoms with Crippen molar-refractivity contribution in [2.24, 2.45) is 5.84 Å². The van der Waals surface area contributed by atoms with Gasteiger partial charge in [-0.25, -0.2) is 0 Å². The maximum Gasteiger partial charge on any atom is 0.0534 e. The number of nitrogen functional groups attached to an aromatic ring is 1. The van der Waals surface area contributed by atoms with Gasteiger partial charge in [-0.1, -0.05) is 36.9 Å². The number of anilines is 1. The second-order valence-corrected chi connectivity index (χ2v) is 4.65. The standard InChI is InChI=1S/C12H17ClN2/c13-10-6-7-11(12(8-10)15-14)9-4-2-1-3-5-9/h6-9,15H,1-5,14H2. The summed E-state index contributed by atoms with van der Waals surface area (Å²) in [6.07, 6.45) is 6.58. The number of hydrazine groups is 1. The summed E-state index contributed by atoms with van der Waals surface area (Å²) in [4.78, 5) is 0. The maximum absolute atomic E-state index is 5.94. The molecule has 1 aliphatic carbocycles. The van der Waals surface area contributed by atoms with Crippen LogP contribution in [0.25, 0.3) is 0 Å². The Morgan fingerprint density at radius 2 is 1.93 bits per heavy atom. The van der Waals surface area contributed by atoms with E-state index in [-0.39, 0.29) is 0 Å². The highest BCUT2D eigenvalue weighted by molar-refractivity contribution is 6.30. The molecule has 0 heterocycles. The van der Waals surface area contributed by atoms with Gasteiger partial charge in [-0.2, -0.15) is 0 Å². The van der Waals surface area contributed by atoms with Gasteiger partial charge < -0.3 is 5.43 Å². The third-order valence-electron chi connectivity index (χ3n) is 3.22. The van der Waals surface area contributed by atoms with Gasteiger partial charge in [0.2, 0.25) is 0 Å². The van der Waals surface area contributed by atoms with Crippen molar-refractivity contribution in [3.63, 3.8) is 0 Å². The van der Waals surface area contributed by atoms with Crippen LogP contribution in [0, 0.1) is 0 Å². The normalized spacial score (nSPS) is 17.7. The SMILES string of the molecule is NNc1cc(Cl)ccc1C1CCCCC1. The van der Waals surface area contributed by atoms with Crippen LogP contribution in [-0.4, -0.2) is 0 Å². The van der Waals surface area contributed by atoms with Crippen LogP contribution in [0.1, 0.15) is 43.6 Å². The van der Waals surface area contributed by atoms with Gasteiger partial charge in [-0.15, -0.1) is 0 Å². The molecule has 0 aromatic heterocycles. The molecular weight excluding hydrogens is 208 g/mol. The van der Waals surface area contributed by atoms with E-state index in [1.807, 2.05) is 12.1 Å². The van der Waals surface area contributed by atoms with E-state index in [2.05, 4.69) is 11.5 Å². The fraction of sp³-hybridized carbons (Fsp3) is 0.500. The second-order valence-electron chi connectivity index (χ2n) is 4.21. The lowest BCUT2D eigenvalue weighted by molar-refractivity contribution is 0.444. The Morgan fingerprint density at radius 3 is 2.60 bits per heavy atom. The van der Waals surface area contributed by atoms with Crippen LogP contribution in [0.15, 0.2) is 18.2 Å². The van der Waals surface area contributed by atoms with Crippen molar-refractivity contribution in [2.45, 2.75) is 38.0 Å². The van der Waals surface area contributed by atoms with Crippen LogP contribution >= 0.6 is 11.6 Å². The lowest BCUT2D eigenvalue weighted by Crippen LogP contribution is -2.12. The number of hydrogen-bond donors (Lipinski definition) is 2. The summed E-state index contributed by atoms with van der Waals surface area (Å²) >= 11 is 5.94. The van der Waals surface area contributed by atoms with Crippen LogP contribution < -0.4 is 11.3 Å². The molecule has 0 atom stereocenters. The van der Waals surface area contributed by atoms with Gasteiger partial charge >= 0.3 is 0 Å². The third-order valence-corrected chi connectivity index (χ3v) is 3.45. The monoisotopic (exact) mass is 224 g/mol. The lowest BCUT2D eigenvalue weighted by Gasteiger charge is -2.24. The molecule has 0 bridgehead atoms. The number of rotatable bonds is 2. The molecule has 2 rings (SSSR count). The molecule has 0 aliphatic heterocycles. The van der Waals surface area contributed by atoms with Crippen LogP contribution in [0.3, 0.4) is 0 Å². The summed E-state index contributed by atoms with van der Waals surface area (Å²) in [6, 6.07) is 5.96. The molecule has 0 amide bonds. The highest BCUT2D eigenvalue weighted by Gasteiger charge is 2.18. The highest BCUT2D eigenvalue weighted by atomic mass is 35.5. The molecular formula is C12H17ClN2. The van der Waals surface area contributed by atoms with Crippen molar-refractivity contribution >= 4 is 17.3 Å². The zero-order valence-electron chi connectivity index (χ0n) is 8.80. The van der Waals surface area contributed by atoms with Gasteiger partial charge in [0.25, 0.3) is 0 Å². The van der Waals surface area contributed by atoms with Gasteiger partial charge in [0.1, 0.15) is 0 Å². The van der Waals surface area contributed by atoms with E-state index < -0.39 is 0 Å². The molecule has 15 heavy (non-hydrogen) atoms. The molecule has 0 unspecified atom stereocenters. The summed E-state index contributed by atoms with van der Waals surface area (Å²) in [5.41, 5.74) is 5.05. The summed E-state index contributed by atoms with van der Waals surface area (Å²) in [7, 11) is 0. The zero-order chi connectivity index (χ0) is 10.7. The predicted octanol–water partition coefficient (Wildman–Crippen LogP) is 3.67.